The van der Waals surface area contributed by atoms with Crippen LogP contribution in [0.25, 0.3) is 0 Å². The number of rotatable bonds is 3. The number of likely N-dealkylation sites (tertiary alicyclic amines) is 1. The van der Waals surface area contributed by atoms with Gasteiger partial charge in [-0.1, -0.05) is 13.8 Å². The van der Waals surface area contributed by atoms with E-state index >= 15 is 0 Å². The smallest absolute Gasteiger partial charge is 0.00705 e. The minimum Gasteiger partial charge on any atom is -0.327 e. The quantitative estimate of drug-likeness (QED) is 0.723. The molecular weight excluding hydrogens is 160 g/mol. The monoisotopic (exact) mass is 184 g/mol. The first kappa shape index (κ1) is 11.0. The van der Waals surface area contributed by atoms with Gasteiger partial charge in [-0.15, -0.1) is 0 Å². The van der Waals surface area contributed by atoms with Gasteiger partial charge >= 0.3 is 0 Å². The molecule has 78 valence electrons. The maximum atomic E-state index is 6.18. The van der Waals surface area contributed by atoms with Crippen LogP contribution in [0.2, 0.25) is 0 Å². The molecule has 13 heavy (non-hydrogen) atoms. The SMILES string of the molecule is CC(C)CC(N)C1CCN(C)CC1. The Morgan fingerprint density at radius 2 is 1.85 bits per heavy atom. The van der Waals surface area contributed by atoms with Crippen molar-refractivity contribution >= 4 is 0 Å². The van der Waals surface area contributed by atoms with Gasteiger partial charge in [-0.25, -0.2) is 0 Å². The van der Waals surface area contributed by atoms with E-state index in [0.717, 1.165) is 11.8 Å². The van der Waals surface area contributed by atoms with Crippen molar-refractivity contribution in [3.63, 3.8) is 0 Å². The molecule has 1 aliphatic heterocycles. The Kier molecular flexibility index (Phi) is 4.20. The molecule has 1 heterocycles. The highest BCUT2D eigenvalue weighted by molar-refractivity contribution is 4.79. The van der Waals surface area contributed by atoms with Gasteiger partial charge in [0.2, 0.25) is 0 Å². The van der Waals surface area contributed by atoms with Crippen molar-refractivity contribution < 1.29 is 0 Å². The summed E-state index contributed by atoms with van der Waals surface area (Å²) >= 11 is 0. The molecule has 0 saturated carbocycles. The normalized spacial score (nSPS) is 23.8. The van der Waals surface area contributed by atoms with Crippen LogP contribution in [-0.4, -0.2) is 31.1 Å². The van der Waals surface area contributed by atoms with Crippen LogP contribution in [0.4, 0.5) is 0 Å². The van der Waals surface area contributed by atoms with Crippen molar-refractivity contribution in [3.05, 3.63) is 0 Å². The molecule has 0 amide bonds. The van der Waals surface area contributed by atoms with Crippen molar-refractivity contribution in [1.29, 1.82) is 0 Å². The molecule has 1 aliphatic rings. The Hall–Kier alpha value is -0.0800. The molecule has 2 nitrogen and oxygen atoms in total. The van der Waals surface area contributed by atoms with Gasteiger partial charge in [0, 0.05) is 6.04 Å². The molecule has 2 N–H and O–H groups in total. The summed E-state index contributed by atoms with van der Waals surface area (Å²) in [6.07, 6.45) is 3.78. The summed E-state index contributed by atoms with van der Waals surface area (Å²) in [6, 6.07) is 0.439. The van der Waals surface area contributed by atoms with E-state index in [1.807, 2.05) is 0 Å². The molecule has 1 unspecified atom stereocenters. The molecule has 0 radical (unpaired) electrons. The average molecular weight is 184 g/mol. The van der Waals surface area contributed by atoms with E-state index < -0.39 is 0 Å². The van der Waals surface area contributed by atoms with E-state index in [9.17, 15) is 0 Å². The lowest BCUT2D eigenvalue weighted by atomic mass is 9.86. The summed E-state index contributed by atoms with van der Waals surface area (Å²) in [5.74, 6) is 1.52. The van der Waals surface area contributed by atoms with Crippen molar-refractivity contribution in [3.8, 4) is 0 Å². The van der Waals surface area contributed by atoms with Crippen molar-refractivity contribution in [2.45, 2.75) is 39.2 Å². The Labute approximate surface area is 82.5 Å². The first-order valence-corrected chi connectivity index (χ1v) is 5.53. The minimum atomic E-state index is 0.439. The number of hydrogen-bond donors (Lipinski definition) is 1. The molecule has 0 aromatic rings. The first-order valence-electron chi connectivity index (χ1n) is 5.53. The van der Waals surface area contributed by atoms with Crippen LogP contribution in [-0.2, 0) is 0 Å². The van der Waals surface area contributed by atoms with Gasteiger partial charge in [0.1, 0.15) is 0 Å². The molecule has 0 aliphatic carbocycles. The summed E-state index contributed by atoms with van der Waals surface area (Å²) in [4.78, 5) is 2.40. The molecular formula is C11H24N2. The highest BCUT2D eigenvalue weighted by Gasteiger charge is 2.22. The zero-order valence-electron chi connectivity index (χ0n) is 9.29. The Balaban J connectivity index is 2.27. The minimum absolute atomic E-state index is 0.439. The van der Waals surface area contributed by atoms with E-state index in [2.05, 4.69) is 25.8 Å². The Morgan fingerprint density at radius 3 is 2.31 bits per heavy atom. The number of piperidine rings is 1. The van der Waals surface area contributed by atoms with E-state index in [1.54, 1.807) is 0 Å². The van der Waals surface area contributed by atoms with Gasteiger partial charge in [-0.2, -0.15) is 0 Å². The maximum Gasteiger partial charge on any atom is 0.00705 e. The summed E-state index contributed by atoms with van der Waals surface area (Å²) in [5.41, 5.74) is 6.18. The predicted molar refractivity (Wildman–Crippen MR) is 57.7 cm³/mol. The highest BCUT2D eigenvalue weighted by Crippen LogP contribution is 2.22. The van der Waals surface area contributed by atoms with Gasteiger partial charge < -0.3 is 10.6 Å². The van der Waals surface area contributed by atoms with Gasteiger partial charge in [-0.05, 0) is 51.2 Å². The second-order valence-electron chi connectivity index (χ2n) is 4.93. The third-order valence-electron chi connectivity index (χ3n) is 3.11. The second-order valence-corrected chi connectivity index (χ2v) is 4.93. The topological polar surface area (TPSA) is 29.3 Å². The molecule has 1 saturated heterocycles. The lowest BCUT2D eigenvalue weighted by Crippen LogP contribution is -2.39. The van der Waals surface area contributed by atoms with E-state index in [4.69, 9.17) is 5.73 Å². The number of hydrogen-bond acceptors (Lipinski definition) is 2. The van der Waals surface area contributed by atoms with Crippen molar-refractivity contribution in [2.75, 3.05) is 20.1 Å². The Bertz CT molecular complexity index is 137. The van der Waals surface area contributed by atoms with Crippen molar-refractivity contribution in [1.82, 2.24) is 4.90 Å². The van der Waals surface area contributed by atoms with Crippen LogP contribution in [0.15, 0.2) is 0 Å². The molecule has 0 spiro atoms. The van der Waals surface area contributed by atoms with Crippen LogP contribution in [0.3, 0.4) is 0 Å². The first-order chi connectivity index (χ1) is 6.09. The van der Waals surface area contributed by atoms with Crippen molar-refractivity contribution in [2.24, 2.45) is 17.6 Å². The third-order valence-corrected chi connectivity index (χ3v) is 3.11. The predicted octanol–water partition coefficient (Wildman–Crippen LogP) is 1.70. The lowest BCUT2D eigenvalue weighted by Gasteiger charge is -2.33. The van der Waals surface area contributed by atoms with Crippen LogP contribution in [0, 0.1) is 11.8 Å². The lowest BCUT2D eigenvalue weighted by molar-refractivity contribution is 0.189. The fourth-order valence-corrected chi connectivity index (χ4v) is 2.19. The van der Waals surface area contributed by atoms with E-state index in [0.29, 0.717) is 6.04 Å². The molecule has 0 bridgehead atoms. The Morgan fingerprint density at radius 1 is 1.31 bits per heavy atom. The summed E-state index contributed by atoms with van der Waals surface area (Å²) in [6.45, 7) is 6.98. The number of nitrogens with two attached hydrogens (primary N) is 1. The van der Waals surface area contributed by atoms with Gasteiger partial charge in [-0.3, -0.25) is 0 Å². The molecule has 1 rings (SSSR count). The third kappa shape index (κ3) is 3.65. The van der Waals surface area contributed by atoms with E-state index in [1.165, 1.54) is 32.4 Å². The number of nitrogens with zero attached hydrogens (tertiary/aromatic N) is 1. The maximum absolute atomic E-state index is 6.18. The molecule has 1 fully saturated rings. The van der Waals surface area contributed by atoms with Crippen LogP contribution < -0.4 is 5.73 Å². The average Bonchev–Trinajstić information content (AvgIpc) is 2.04. The highest BCUT2D eigenvalue weighted by atomic mass is 15.1. The fourth-order valence-electron chi connectivity index (χ4n) is 2.19. The second kappa shape index (κ2) is 4.97. The van der Waals surface area contributed by atoms with Gasteiger partial charge in [0.05, 0.1) is 0 Å². The molecule has 1 atom stereocenters. The summed E-state index contributed by atoms with van der Waals surface area (Å²) < 4.78 is 0. The van der Waals surface area contributed by atoms with Gasteiger partial charge in [0.15, 0.2) is 0 Å². The van der Waals surface area contributed by atoms with Gasteiger partial charge in [0.25, 0.3) is 0 Å². The summed E-state index contributed by atoms with van der Waals surface area (Å²) in [7, 11) is 2.20. The van der Waals surface area contributed by atoms with E-state index in [-0.39, 0.29) is 0 Å². The fraction of sp³-hybridized carbons (Fsp3) is 1.00. The largest absolute Gasteiger partial charge is 0.327 e. The van der Waals surface area contributed by atoms with Crippen LogP contribution in [0.1, 0.15) is 33.1 Å². The van der Waals surface area contributed by atoms with Crippen LogP contribution >= 0.6 is 0 Å². The molecule has 2 heteroatoms. The standard InChI is InChI=1S/C11H24N2/c1-9(2)8-11(12)10-4-6-13(3)7-5-10/h9-11H,4-8,12H2,1-3H3. The molecule has 0 aromatic carbocycles. The zero-order valence-corrected chi connectivity index (χ0v) is 9.29. The summed E-state index contributed by atoms with van der Waals surface area (Å²) in [5, 5.41) is 0. The molecule has 0 aromatic heterocycles. The zero-order chi connectivity index (χ0) is 9.84. The van der Waals surface area contributed by atoms with Crippen LogP contribution in [0.5, 0.6) is 0 Å².